The zero-order valence-electron chi connectivity index (χ0n) is 16.4. The normalized spacial score (nSPS) is 12.2. The zero-order chi connectivity index (χ0) is 21.2. The van der Waals surface area contributed by atoms with E-state index in [4.69, 9.17) is 0 Å². The Kier molecular flexibility index (Phi) is 5.50. The van der Waals surface area contributed by atoms with Crippen molar-refractivity contribution in [1.82, 2.24) is 19.6 Å². The van der Waals surface area contributed by atoms with E-state index in [0.717, 1.165) is 22.5 Å². The highest BCUT2D eigenvalue weighted by Gasteiger charge is 2.33. The maximum Gasteiger partial charge on any atom is 0.435 e. The maximum absolute atomic E-state index is 12.6. The van der Waals surface area contributed by atoms with E-state index < -0.39 is 17.8 Å². The van der Waals surface area contributed by atoms with Gasteiger partial charge in [-0.05, 0) is 22.6 Å². The summed E-state index contributed by atoms with van der Waals surface area (Å²) < 4.78 is 40.4. The lowest BCUT2D eigenvalue weighted by atomic mass is 9.87. The number of nitrogens with one attached hydrogen (secondary N) is 1. The third-order valence-corrected chi connectivity index (χ3v) is 4.37. The number of aromatic nitrogens is 4. The van der Waals surface area contributed by atoms with Gasteiger partial charge in [0.15, 0.2) is 5.69 Å². The van der Waals surface area contributed by atoms with Crippen LogP contribution in [0.3, 0.4) is 0 Å². The summed E-state index contributed by atoms with van der Waals surface area (Å²) in [4.78, 5) is 12.2. The van der Waals surface area contributed by atoms with Crippen molar-refractivity contribution < 1.29 is 18.0 Å². The molecule has 1 N–H and O–H groups in total. The van der Waals surface area contributed by atoms with E-state index in [0.29, 0.717) is 12.4 Å². The van der Waals surface area contributed by atoms with E-state index in [1.807, 2.05) is 12.1 Å². The smallest absolute Gasteiger partial charge is 0.309 e. The Bertz CT molecular complexity index is 981. The molecule has 3 rings (SSSR count). The first-order valence-corrected chi connectivity index (χ1v) is 9.04. The average Bonchev–Trinajstić information content (AvgIpc) is 3.24. The number of rotatable bonds is 5. The van der Waals surface area contributed by atoms with Gasteiger partial charge in [0.25, 0.3) is 0 Å². The van der Waals surface area contributed by atoms with Crippen molar-refractivity contribution >= 4 is 11.7 Å². The summed E-state index contributed by atoms with van der Waals surface area (Å²) in [7, 11) is 0. The largest absolute Gasteiger partial charge is 0.435 e. The predicted octanol–water partition coefficient (Wildman–Crippen LogP) is 4.08. The van der Waals surface area contributed by atoms with Gasteiger partial charge >= 0.3 is 6.18 Å². The van der Waals surface area contributed by atoms with Gasteiger partial charge in [0.2, 0.25) is 5.91 Å². The minimum atomic E-state index is -4.54. The van der Waals surface area contributed by atoms with Gasteiger partial charge in [-0.1, -0.05) is 45.0 Å². The fourth-order valence-corrected chi connectivity index (χ4v) is 2.78. The molecule has 29 heavy (non-hydrogen) atoms. The van der Waals surface area contributed by atoms with Crippen molar-refractivity contribution in [2.45, 2.75) is 45.5 Å². The number of alkyl halides is 3. The lowest BCUT2D eigenvalue weighted by Crippen LogP contribution is -2.22. The van der Waals surface area contributed by atoms with Gasteiger partial charge in [0.1, 0.15) is 12.4 Å². The summed E-state index contributed by atoms with van der Waals surface area (Å²) in [6, 6.07) is 10.6. The molecule has 1 aromatic carbocycles. The van der Waals surface area contributed by atoms with Gasteiger partial charge in [-0.2, -0.15) is 23.4 Å². The molecule has 2 aromatic heterocycles. The van der Waals surface area contributed by atoms with Crippen LogP contribution in [0.4, 0.5) is 19.0 Å². The van der Waals surface area contributed by atoms with Crippen molar-refractivity contribution in [2.24, 2.45) is 0 Å². The second-order valence-electron chi connectivity index (χ2n) is 7.77. The molecule has 3 aromatic rings. The highest BCUT2D eigenvalue weighted by molar-refractivity contribution is 5.89. The van der Waals surface area contributed by atoms with Gasteiger partial charge in [0.05, 0.1) is 12.7 Å². The van der Waals surface area contributed by atoms with Gasteiger partial charge in [-0.15, -0.1) is 0 Å². The molecule has 0 aliphatic heterocycles. The van der Waals surface area contributed by atoms with Gasteiger partial charge in [0, 0.05) is 12.3 Å². The van der Waals surface area contributed by atoms with E-state index in [1.165, 1.54) is 5.56 Å². The Labute approximate surface area is 166 Å². The summed E-state index contributed by atoms with van der Waals surface area (Å²) >= 11 is 0. The van der Waals surface area contributed by atoms with Crippen LogP contribution >= 0.6 is 0 Å². The van der Waals surface area contributed by atoms with Crippen LogP contribution in [-0.2, 0) is 29.5 Å². The summed E-state index contributed by atoms with van der Waals surface area (Å²) in [5.41, 5.74) is 1.25. The molecule has 0 unspecified atom stereocenters. The maximum atomic E-state index is 12.6. The van der Waals surface area contributed by atoms with E-state index in [-0.39, 0.29) is 12.0 Å². The first-order chi connectivity index (χ1) is 13.5. The Morgan fingerprint density at radius 2 is 1.76 bits per heavy atom. The number of carbonyl (C=O) groups excluding carboxylic acids is 1. The minimum Gasteiger partial charge on any atom is -0.309 e. The highest BCUT2D eigenvalue weighted by atomic mass is 19.4. The van der Waals surface area contributed by atoms with Crippen molar-refractivity contribution in [2.75, 3.05) is 5.32 Å². The second-order valence-corrected chi connectivity index (χ2v) is 7.77. The van der Waals surface area contributed by atoms with E-state index >= 15 is 0 Å². The van der Waals surface area contributed by atoms with Gasteiger partial charge in [-0.3, -0.25) is 9.48 Å². The van der Waals surface area contributed by atoms with E-state index in [2.05, 4.69) is 48.4 Å². The van der Waals surface area contributed by atoms with Crippen LogP contribution in [0, 0.1) is 0 Å². The lowest BCUT2D eigenvalue weighted by Gasteiger charge is -2.19. The first-order valence-electron chi connectivity index (χ1n) is 9.04. The summed E-state index contributed by atoms with van der Waals surface area (Å²) in [6.07, 6.45) is -1.87. The molecule has 0 saturated carbocycles. The molecular weight excluding hydrogens is 383 g/mol. The number of hydrogen-bond donors (Lipinski definition) is 1. The molecule has 0 aliphatic carbocycles. The summed E-state index contributed by atoms with van der Waals surface area (Å²) in [6.45, 7) is 6.54. The Morgan fingerprint density at radius 3 is 2.34 bits per heavy atom. The van der Waals surface area contributed by atoms with Crippen LogP contribution in [0.2, 0.25) is 0 Å². The quantitative estimate of drug-likeness (QED) is 0.696. The number of halogens is 3. The van der Waals surface area contributed by atoms with Gasteiger partial charge in [-0.25, -0.2) is 4.68 Å². The molecule has 0 bridgehead atoms. The van der Waals surface area contributed by atoms with Crippen LogP contribution in [0.25, 0.3) is 0 Å². The molecule has 0 aliphatic rings. The standard InChI is InChI=1S/C20H22F3N5O/c1-19(2,3)15-6-4-14(5-7-15)12-28-17(8-10-24-28)25-18(29)13-27-11-9-16(26-27)20(21,22)23/h4-11H,12-13H2,1-3H3,(H,25,29). The zero-order valence-corrected chi connectivity index (χ0v) is 16.4. The van der Waals surface area contributed by atoms with Crippen molar-refractivity contribution in [3.05, 3.63) is 65.6 Å². The number of nitrogens with zero attached hydrogens (tertiary/aromatic N) is 4. The minimum absolute atomic E-state index is 0.0574. The summed E-state index contributed by atoms with van der Waals surface area (Å²) in [5, 5.41) is 10.2. The third-order valence-electron chi connectivity index (χ3n) is 4.37. The molecule has 154 valence electrons. The third kappa shape index (κ3) is 5.24. The fourth-order valence-electron chi connectivity index (χ4n) is 2.78. The number of hydrogen-bond acceptors (Lipinski definition) is 3. The second kappa shape index (κ2) is 7.73. The molecule has 6 nitrogen and oxygen atoms in total. The molecular formula is C20H22F3N5O. The number of anilines is 1. The number of carbonyl (C=O) groups is 1. The fraction of sp³-hybridized carbons (Fsp3) is 0.350. The molecule has 0 fully saturated rings. The van der Waals surface area contributed by atoms with Crippen LogP contribution in [0.15, 0.2) is 48.8 Å². The lowest BCUT2D eigenvalue weighted by molar-refractivity contribution is -0.141. The molecule has 2 heterocycles. The molecule has 1 amide bonds. The van der Waals surface area contributed by atoms with E-state index in [9.17, 15) is 18.0 Å². The molecule has 0 atom stereocenters. The topological polar surface area (TPSA) is 64.7 Å². The highest BCUT2D eigenvalue weighted by Crippen LogP contribution is 2.27. The molecule has 0 saturated heterocycles. The van der Waals surface area contributed by atoms with Crippen LogP contribution in [0.1, 0.15) is 37.6 Å². The summed E-state index contributed by atoms with van der Waals surface area (Å²) in [5.74, 6) is -0.0373. The van der Waals surface area contributed by atoms with E-state index in [1.54, 1.807) is 16.9 Å². The Morgan fingerprint density at radius 1 is 1.07 bits per heavy atom. The van der Waals surface area contributed by atoms with Crippen LogP contribution in [-0.4, -0.2) is 25.5 Å². The molecule has 0 spiro atoms. The Hall–Kier alpha value is -3.10. The van der Waals surface area contributed by atoms with Crippen molar-refractivity contribution in [1.29, 1.82) is 0 Å². The molecule has 9 heteroatoms. The van der Waals surface area contributed by atoms with Crippen LogP contribution < -0.4 is 5.32 Å². The average molecular weight is 405 g/mol. The SMILES string of the molecule is CC(C)(C)c1ccc(Cn2nccc2NC(=O)Cn2ccc(C(F)(F)F)n2)cc1. The molecule has 0 radical (unpaired) electrons. The Balaban J connectivity index is 1.64. The first kappa shape index (κ1) is 20.6. The van der Waals surface area contributed by atoms with Crippen molar-refractivity contribution in [3.63, 3.8) is 0 Å². The number of amides is 1. The van der Waals surface area contributed by atoms with Crippen molar-refractivity contribution in [3.8, 4) is 0 Å². The monoisotopic (exact) mass is 405 g/mol. The number of benzene rings is 1. The predicted molar refractivity (Wildman–Crippen MR) is 102 cm³/mol. The van der Waals surface area contributed by atoms with Gasteiger partial charge < -0.3 is 5.32 Å². The van der Waals surface area contributed by atoms with Crippen LogP contribution in [0.5, 0.6) is 0 Å².